The smallest absolute Gasteiger partial charge is 0.0834 e. The van der Waals surface area contributed by atoms with E-state index in [1.807, 2.05) is 7.05 Å². The first-order valence-electron chi connectivity index (χ1n) is 5.95. The van der Waals surface area contributed by atoms with E-state index in [4.69, 9.17) is 17.4 Å². The Balaban J connectivity index is 2.08. The molecule has 0 saturated carbocycles. The Morgan fingerprint density at radius 2 is 2.32 bits per heavy atom. The third-order valence-electron chi connectivity index (χ3n) is 2.88. The van der Waals surface area contributed by atoms with Gasteiger partial charge < -0.3 is 0 Å². The average molecular weight is 297 g/mol. The Morgan fingerprint density at radius 1 is 1.53 bits per heavy atom. The van der Waals surface area contributed by atoms with Crippen molar-refractivity contribution < 1.29 is 0 Å². The molecule has 0 aliphatic carbocycles. The van der Waals surface area contributed by atoms with Crippen LogP contribution >= 0.6 is 23.4 Å². The molecule has 0 saturated heterocycles. The Labute approximate surface area is 122 Å². The molecule has 0 bridgehead atoms. The van der Waals surface area contributed by atoms with Crippen molar-refractivity contribution in [3.8, 4) is 0 Å². The molecule has 1 heterocycles. The summed E-state index contributed by atoms with van der Waals surface area (Å²) in [5, 5.41) is 4.77. The lowest BCUT2D eigenvalue weighted by atomic mass is 10.2. The van der Waals surface area contributed by atoms with Gasteiger partial charge in [-0.2, -0.15) is 5.10 Å². The maximum Gasteiger partial charge on any atom is 0.0834 e. The number of nitrogens with zero attached hydrogens (tertiary/aromatic N) is 2. The Hall–Kier alpha value is -1.01. The van der Waals surface area contributed by atoms with Crippen molar-refractivity contribution in [3.05, 3.63) is 46.7 Å². The molecule has 3 N–H and O–H groups in total. The molecule has 2 aromatic rings. The third kappa shape index (κ3) is 3.51. The molecular formula is C13H17ClN4S. The standard InChI is InChI=1S/C13H17ClN4S/c1-9-4-3-5-10(6-9)19-8-12(17-15)13-11(14)7-16-18(13)2/h3-7,12,17H,8,15H2,1-2H3. The summed E-state index contributed by atoms with van der Waals surface area (Å²) in [5.74, 6) is 6.42. The molecule has 19 heavy (non-hydrogen) atoms. The van der Waals surface area contributed by atoms with Crippen molar-refractivity contribution >= 4 is 23.4 Å². The topological polar surface area (TPSA) is 55.9 Å². The minimum absolute atomic E-state index is 0.0366. The third-order valence-corrected chi connectivity index (χ3v) is 4.25. The summed E-state index contributed by atoms with van der Waals surface area (Å²) in [7, 11) is 1.86. The minimum Gasteiger partial charge on any atom is -0.271 e. The van der Waals surface area contributed by atoms with E-state index in [9.17, 15) is 0 Å². The summed E-state index contributed by atoms with van der Waals surface area (Å²) in [4.78, 5) is 1.22. The van der Waals surface area contributed by atoms with Crippen LogP contribution in [0.25, 0.3) is 0 Å². The van der Waals surface area contributed by atoms with Crippen molar-refractivity contribution in [2.24, 2.45) is 12.9 Å². The van der Waals surface area contributed by atoms with Crippen molar-refractivity contribution in [3.63, 3.8) is 0 Å². The van der Waals surface area contributed by atoms with Crippen LogP contribution in [0.3, 0.4) is 0 Å². The molecule has 6 heteroatoms. The van der Waals surface area contributed by atoms with Crippen molar-refractivity contribution in [2.45, 2.75) is 17.9 Å². The number of hydrogen-bond donors (Lipinski definition) is 2. The van der Waals surface area contributed by atoms with Crippen LogP contribution < -0.4 is 11.3 Å². The predicted molar refractivity (Wildman–Crippen MR) is 80.2 cm³/mol. The lowest BCUT2D eigenvalue weighted by molar-refractivity contribution is 0.554. The highest BCUT2D eigenvalue weighted by molar-refractivity contribution is 7.99. The van der Waals surface area contributed by atoms with Crippen molar-refractivity contribution in [1.29, 1.82) is 0 Å². The maximum atomic E-state index is 6.14. The zero-order valence-corrected chi connectivity index (χ0v) is 12.5. The summed E-state index contributed by atoms with van der Waals surface area (Å²) in [5.41, 5.74) is 4.96. The van der Waals surface area contributed by atoms with Gasteiger partial charge in [-0.05, 0) is 19.1 Å². The van der Waals surface area contributed by atoms with Gasteiger partial charge in [-0.3, -0.25) is 16.0 Å². The van der Waals surface area contributed by atoms with Crippen LogP contribution in [0.5, 0.6) is 0 Å². The van der Waals surface area contributed by atoms with Gasteiger partial charge in [0.25, 0.3) is 0 Å². The second kappa shape index (κ2) is 6.43. The molecule has 2 rings (SSSR count). The van der Waals surface area contributed by atoms with E-state index < -0.39 is 0 Å². The van der Waals surface area contributed by atoms with E-state index >= 15 is 0 Å². The van der Waals surface area contributed by atoms with E-state index in [0.717, 1.165) is 11.4 Å². The molecule has 0 aliphatic rings. The number of aromatic nitrogens is 2. The zero-order chi connectivity index (χ0) is 13.8. The van der Waals surface area contributed by atoms with Crippen LogP contribution in [0.4, 0.5) is 0 Å². The summed E-state index contributed by atoms with van der Waals surface area (Å²) >= 11 is 7.88. The van der Waals surface area contributed by atoms with Crippen molar-refractivity contribution in [2.75, 3.05) is 5.75 Å². The molecule has 1 unspecified atom stereocenters. The number of aryl methyl sites for hydroxylation is 2. The van der Waals surface area contributed by atoms with Gasteiger partial charge in [0.15, 0.2) is 0 Å². The van der Waals surface area contributed by atoms with Crippen LogP contribution in [0, 0.1) is 6.92 Å². The van der Waals surface area contributed by atoms with Crippen LogP contribution in [-0.4, -0.2) is 15.5 Å². The molecule has 1 aromatic heterocycles. The Bertz CT molecular complexity index is 536. The first-order valence-corrected chi connectivity index (χ1v) is 7.31. The number of benzene rings is 1. The number of rotatable bonds is 5. The average Bonchev–Trinajstić information content (AvgIpc) is 2.71. The fourth-order valence-corrected chi connectivity index (χ4v) is 3.26. The first kappa shape index (κ1) is 14.4. The Kier molecular flexibility index (Phi) is 4.87. The Morgan fingerprint density at radius 3 is 2.89 bits per heavy atom. The number of hydrogen-bond acceptors (Lipinski definition) is 4. The molecule has 102 valence electrons. The van der Waals surface area contributed by atoms with Gasteiger partial charge in [-0.1, -0.05) is 29.3 Å². The van der Waals surface area contributed by atoms with Gasteiger partial charge in [-0.25, -0.2) is 0 Å². The highest BCUT2D eigenvalue weighted by Gasteiger charge is 2.18. The number of halogens is 1. The first-order chi connectivity index (χ1) is 9.11. The number of hydrazine groups is 1. The molecule has 1 aromatic carbocycles. The quantitative estimate of drug-likeness (QED) is 0.506. The highest BCUT2D eigenvalue weighted by atomic mass is 35.5. The van der Waals surface area contributed by atoms with Crippen LogP contribution in [0.15, 0.2) is 35.4 Å². The lowest BCUT2D eigenvalue weighted by Gasteiger charge is -2.16. The van der Waals surface area contributed by atoms with Gasteiger partial charge in [0.2, 0.25) is 0 Å². The monoisotopic (exact) mass is 296 g/mol. The molecular weight excluding hydrogens is 280 g/mol. The molecule has 0 fully saturated rings. The molecule has 0 radical (unpaired) electrons. The molecule has 0 aliphatic heterocycles. The van der Waals surface area contributed by atoms with Gasteiger partial charge >= 0.3 is 0 Å². The van der Waals surface area contributed by atoms with E-state index in [2.05, 4.69) is 41.7 Å². The molecule has 4 nitrogen and oxygen atoms in total. The van der Waals surface area contributed by atoms with E-state index in [0.29, 0.717) is 5.02 Å². The van der Waals surface area contributed by atoms with Gasteiger partial charge in [0.1, 0.15) is 0 Å². The fourth-order valence-electron chi connectivity index (χ4n) is 1.90. The van der Waals surface area contributed by atoms with Crippen molar-refractivity contribution in [1.82, 2.24) is 15.2 Å². The minimum atomic E-state index is -0.0366. The SMILES string of the molecule is Cc1cccc(SCC(NN)c2c(Cl)cnn2C)c1. The van der Waals surface area contributed by atoms with E-state index in [1.54, 1.807) is 22.6 Å². The lowest BCUT2D eigenvalue weighted by Crippen LogP contribution is -2.31. The van der Waals surface area contributed by atoms with Crippen LogP contribution in [0.1, 0.15) is 17.3 Å². The summed E-state index contributed by atoms with van der Waals surface area (Å²) in [6.45, 7) is 2.08. The highest BCUT2D eigenvalue weighted by Crippen LogP contribution is 2.28. The number of thioether (sulfide) groups is 1. The van der Waals surface area contributed by atoms with Gasteiger partial charge in [0, 0.05) is 17.7 Å². The largest absolute Gasteiger partial charge is 0.271 e. The van der Waals surface area contributed by atoms with Crippen LogP contribution in [-0.2, 0) is 7.05 Å². The predicted octanol–water partition coefficient (Wildman–Crippen LogP) is 2.68. The molecule has 0 amide bonds. The van der Waals surface area contributed by atoms with E-state index in [1.165, 1.54) is 10.5 Å². The molecule has 0 spiro atoms. The van der Waals surface area contributed by atoms with Crippen LogP contribution in [0.2, 0.25) is 5.02 Å². The van der Waals surface area contributed by atoms with Gasteiger partial charge in [0.05, 0.1) is 23.0 Å². The van der Waals surface area contributed by atoms with E-state index in [-0.39, 0.29) is 6.04 Å². The zero-order valence-electron chi connectivity index (χ0n) is 10.9. The second-order valence-electron chi connectivity index (χ2n) is 4.35. The number of nitrogens with two attached hydrogens (primary N) is 1. The fraction of sp³-hybridized carbons (Fsp3) is 0.308. The van der Waals surface area contributed by atoms with Gasteiger partial charge in [-0.15, -0.1) is 11.8 Å². The summed E-state index contributed by atoms with van der Waals surface area (Å²) in [6.07, 6.45) is 1.64. The summed E-state index contributed by atoms with van der Waals surface area (Å²) < 4.78 is 1.75. The second-order valence-corrected chi connectivity index (χ2v) is 5.85. The number of nitrogens with one attached hydrogen (secondary N) is 1. The molecule has 1 atom stereocenters. The normalized spacial score (nSPS) is 12.6. The summed E-state index contributed by atoms with van der Waals surface area (Å²) in [6, 6.07) is 8.35. The maximum absolute atomic E-state index is 6.14.